The first-order valence-electron chi connectivity index (χ1n) is 7.15. The number of likely N-dealkylation sites (tertiary alicyclic amines) is 1. The fraction of sp³-hybridized carbons (Fsp3) is 1.00. The summed E-state index contributed by atoms with van der Waals surface area (Å²) in [6.07, 6.45) is 5.58. The summed E-state index contributed by atoms with van der Waals surface area (Å²) in [5.74, 6) is 2.21. The predicted molar refractivity (Wildman–Crippen MR) is 77.8 cm³/mol. The van der Waals surface area contributed by atoms with E-state index in [1.807, 2.05) is 0 Å². The fourth-order valence-corrected chi connectivity index (χ4v) is 4.39. The minimum Gasteiger partial charge on any atom is -0.313 e. The Labute approximate surface area is 111 Å². The number of hydrogen-bond acceptors (Lipinski definition) is 3. The second kappa shape index (κ2) is 5.94. The summed E-state index contributed by atoms with van der Waals surface area (Å²) in [7, 11) is 2.26. The molecule has 0 amide bonds. The van der Waals surface area contributed by atoms with Crippen LogP contribution in [0.15, 0.2) is 0 Å². The maximum atomic E-state index is 3.81. The molecule has 2 fully saturated rings. The highest BCUT2D eigenvalue weighted by Gasteiger charge is 2.31. The lowest BCUT2D eigenvalue weighted by molar-refractivity contribution is 0.177. The van der Waals surface area contributed by atoms with Gasteiger partial charge in [0.2, 0.25) is 0 Å². The van der Waals surface area contributed by atoms with Gasteiger partial charge in [-0.2, -0.15) is 11.8 Å². The van der Waals surface area contributed by atoms with Crippen LogP contribution in [0.5, 0.6) is 0 Å². The van der Waals surface area contributed by atoms with Crippen LogP contribution in [-0.4, -0.2) is 48.1 Å². The zero-order valence-corrected chi connectivity index (χ0v) is 12.5. The summed E-state index contributed by atoms with van der Waals surface area (Å²) in [5, 5.41) is 3.81. The molecule has 2 heterocycles. The third kappa shape index (κ3) is 3.87. The van der Waals surface area contributed by atoms with Gasteiger partial charge in [0.1, 0.15) is 0 Å². The number of thioether (sulfide) groups is 1. The van der Waals surface area contributed by atoms with Gasteiger partial charge in [-0.05, 0) is 64.8 Å². The number of rotatable bonds is 4. The molecule has 17 heavy (non-hydrogen) atoms. The number of nitrogens with one attached hydrogen (secondary N) is 1. The van der Waals surface area contributed by atoms with E-state index in [2.05, 4.69) is 42.9 Å². The molecular weight excluding hydrogens is 228 g/mol. The van der Waals surface area contributed by atoms with Crippen LogP contribution in [-0.2, 0) is 0 Å². The van der Waals surface area contributed by atoms with Crippen molar-refractivity contribution in [3.63, 3.8) is 0 Å². The van der Waals surface area contributed by atoms with Gasteiger partial charge in [-0.1, -0.05) is 0 Å². The molecule has 2 aliphatic rings. The molecule has 0 spiro atoms. The Bertz CT molecular complexity index is 238. The molecule has 3 heteroatoms. The molecule has 0 radical (unpaired) electrons. The molecule has 0 bridgehead atoms. The smallest absolute Gasteiger partial charge is 0.0256 e. The average Bonchev–Trinajstić information content (AvgIpc) is 2.74. The summed E-state index contributed by atoms with van der Waals surface area (Å²) in [6.45, 7) is 8.57. The number of piperidine rings is 1. The van der Waals surface area contributed by atoms with Gasteiger partial charge in [-0.3, -0.25) is 0 Å². The molecule has 100 valence electrons. The highest BCUT2D eigenvalue weighted by molar-refractivity contribution is 8.00. The van der Waals surface area contributed by atoms with Crippen molar-refractivity contribution in [1.82, 2.24) is 10.2 Å². The van der Waals surface area contributed by atoms with E-state index in [1.165, 1.54) is 51.1 Å². The first-order chi connectivity index (χ1) is 8.09. The Kier molecular flexibility index (Phi) is 4.79. The first-order valence-corrected chi connectivity index (χ1v) is 8.13. The van der Waals surface area contributed by atoms with Gasteiger partial charge < -0.3 is 10.2 Å². The van der Waals surface area contributed by atoms with Crippen molar-refractivity contribution < 1.29 is 0 Å². The minimum atomic E-state index is 0.509. The van der Waals surface area contributed by atoms with Crippen molar-refractivity contribution in [3.8, 4) is 0 Å². The van der Waals surface area contributed by atoms with Crippen molar-refractivity contribution in [2.45, 2.75) is 50.3 Å². The van der Waals surface area contributed by atoms with Crippen LogP contribution < -0.4 is 5.32 Å². The van der Waals surface area contributed by atoms with E-state index in [0.29, 0.717) is 10.8 Å². The zero-order chi connectivity index (χ0) is 12.3. The molecule has 0 aromatic heterocycles. The lowest BCUT2D eigenvalue weighted by Gasteiger charge is -2.35. The van der Waals surface area contributed by atoms with Gasteiger partial charge in [0.25, 0.3) is 0 Å². The lowest BCUT2D eigenvalue weighted by Crippen LogP contribution is -2.46. The van der Waals surface area contributed by atoms with E-state index in [1.54, 1.807) is 0 Å². The van der Waals surface area contributed by atoms with Crippen molar-refractivity contribution in [1.29, 1.82) is 0 Å². The van der Waals surface area contributed by atoms with Crippen LogP contribution in [0.2, 0.25) is 0 Å². The molecule has 0 saturated carbocycles. The lowest BCUT2D eigenvalue weighted by atomic mass is 9.91. The van der Waals surface area contributed by atoms with Gasteiger partial charge in [0, 0.05) is 23.9 Å². The van der Waals surface area contributed by atoms with Gasteiger partial charge in [-0.25, -0.2) is 0 Å². The molecule has 2 saturated heterocycles. The van der Waals surface area contributed by atoms with Gasteiger partial charge in [0.15, 0.2) is 0 Å². The zero-order valence-electron chi connectivity index (χ0n) is 11.7. The highest BCUT2D eigenvalue weighted by atomic mass is 32.2. The van der Waals surface area contributed by atoms with Crippen LogP contribution in [0.3, 0.4) is 0 Å². The number of nitrogens with zero attached hydrogens (tertiary/aromatic N) is 1. The van der Waals surface area contributed by atoms with E-state index < -0.39 is 0 Å². The fourth-order valence-electron chi connectivity index (χ4n) is 3.13. The molecule has 0 aromatic carbocycles. The van der Waals surface area contributed by atoms with Gasteiger partial charge in [0.05, 0.1) is 0 Å². The quantitative estimate of drug-likeness (QED) is 0.832. The molecule has 1 N–H and O–H groups in total. The van der Waals surface area contributed by atoms with Crippen molar-refractivity contribution >= 4 is 11.8 Å². The Morgan fingerprint density at radius 2 is 2.29 bits per heavy atom. The van der Waals surface area contributed by atoms with Crippen molar-refractivity contribution in [2.24, 2.45) is 5.92 Å². The summed E-state index contributed by atoms with van der Waals surface area (Å²) in [6, 6.07) is 0.677. The molecule has 2 rings (SSSR count). The minimum absolute atomic E-state index is 0.509. The molecule has 3 unspecified atom stereocenters. The number of hydrogen-bond donors (Lipinski definition) is 1. The van der Waals surface area contributed by atoms with Crippen LogP contribution >= 0.6 is 11.8 Å². The summed E-state index contributed by atoms with van der Waals surface area (Å²) < 4.78 is 0.509. The molecule has 3 atom stereocenters. The standard InChI is InChI=1S/C14H28N2S/c1-12(13-6-4-8-16(3)10-13)15-11-14(2)7-5-9-17-14/h12-13,15H,4-11H2,1-3H3. The summed E-state index contributed by atoms with van der Waals surface area (Å²) in [4.78, 5) is 2.48. The van der Waals surface area contributed by atoms with E-state index in [4.69, 9.17) is 0 Å². The summed E-state index contributed by atoms with van der Waals surface area (Å²) in [5.41, 5.74) is 0. The Morgan fingerprint density at radius 3 is 2.94 bits per heavy atom. The van der Waals surface area contributed by atoms with Crippen LogP contribution in [0.25, 0.3) is 0 Å². The maximum Gasteiger partial charge on any atom is 0.0256 e. The second-order valence-electron chi connectivity index (χ2n) is 6.24. The van der Waals surface area contributed by atoms with Gasteiger partial charge >= 0.3 is 0 Å². The first kappa shape index (κ1) is 13.7. The average molecular weight is 256 g/mol. The topological polar surface area (TPSA) is 15.3 Å². The maximum absolute atomic E-state index is 3.81. The van der Waals surface area contributed by atoms with E-state index >= 15 is 0 Å². The van der Waals surface area contributed by atoms with Crippen molar-refractivity contribution in [3.05, 3.63) is 0 Å². The van der Waals surface area contributed by atoms with E-state index in [-0.39, 0.29) is 0 Å². The predicted octanol–water partition coefficient (Wildman–Crippen LogP) is 2.59. The van der Waals surface area contributed by atoms with E-state index in [0.717, 1.165) is 5.92 Å². The Morgan fingerprint density at radius 1 is 1.47 bits per heavy atom. The molecule has 2 nitrogen and oxygen atoms in total. The third-order valence-corrected chi connectivity index (χ3v) is 6.00. The van der Waals surface area contributed by atoms with Crippen molar-refractivity contribution in [2.75, 3.05) is 32.4 Å². The molecule has 2 aliphatic heterocycles. The molecule has 0 aliphatic carbocycles. The van der Waals surface area contributed by atoms with Crippen LogP contribution in [0, 0.1) is 5.92 Å². The Balaban J connectivity index is 1.74. The molecule has 0 aromatic rings. The highest BCUT2D eigenvalue weighted by Crippen LogP contribution is 2.37. The largest absolute Gasteiger partial charge is 0.313 e. The van der Waals surface area contributed by atoms with Gasteiger partial charge in [-0.15, -0.1) is 0 Å². The monoisotopic (exact) mass is 256 g/mol. The third-order valence-electron chi connectivity index (χ3n) is 4.47. The van der Waals surface area contributed by atoms with E-state index in [9.17, 15) is 0 Å². The summed E-state index contributed by atoms with van der Waals surface area (Å²) >= 11 is 2.16. The van der Waals surface area contributed by atoms with Crippen LogP contribution in [0.4, 0.5) is 0 Å². The molecular formula is C14H28N2S. The Hall–Kier alpha value is 0.270. The normalized spacial score (nSPS) is 37.2. The van der Waals surface area contributed by atoms with Crippen LogP contribution in [0.1, 0.15) is 39.5 Å². The second-order valence-corrected chi connectivity index (χ2v) is 7.92. The SMILES string of the molecule is CC(NCC1(C)CCCS1)C1CCCN(C)C1.